The van der Waals surface area contributed by atoms with Crippen LogP contribution in [-0.2, 0) is 4.79 Å². The summed E-state index contributed by atoms with van der Waals surface area (Å²) in [5, 5.41) is 14.6. The molecule has 1 aliphatic heterocycles. The van der Waals surface area contributed by atoms with Crippen molar-refractivity contribution in [2.24, 2.45) is 5.10 Å². The maximum atomic E-state index is 14.9. The van der Waals surface area contributed by atoms with Crippen molar-refractivity contribution < 1.29 is 14.1 Å². The van der Waals surface area contributed by atoms with E-state index in [1.54, 1.807) is 18.2 Å². The number of halogens is 1. The number of anilines is 1. The summed E-state index contributed by atoms with van der Waals surface area (Å²) in [5.41, 5.74) is 4.72. The van der Waals surface area contributed by atoms with Crippen molar-refractivity contribution in [3.63, 3.8) is 0 Å². The molecule has 0 aliphatic carbocycles. The number of non-ortho nitro benzene ring substituents is 1. The summed E-state index contributed by atoms with van der Waals surface area (Å²) >= 11 is 1.23. The van der Waals surface area contributed by atoms with Crippen molar-refractivity contribution in [2.45, 2.75) is 56.9 Å². The van der Waals surface area contributed by atoms with Crippen molar-refractivity contribution in [3.05, 3.63) is 63.5 Å². The monoisotopic (exact) mass is 472 g/mol. The van der Waals surface area contributed by atoms with Gasteiger partial charge in [0.15, 0.2) is 0 Å². The second-order valence-corrected chi connectivity index (χ2v) is 9.88. The number of carbonyl (C=O) groups excluding carboxylic acids is 1. The van der Waals surface area contributed by atoms with Crippen LogP contribution in [0.15, 0.2) is 46.4 Å². The molecule has 1 aliphatic rings. The van der Waals surface area contributed by atoms with Crippen LogP contribution >= 0.6 is 11.8 Å². The fourth-order valence-corrected chi connectivity index (χ4v) is 4.98. The Hall–Kier alpha value is -2.94. The Morgan fingerprint density at radius 3 is 2.70 bits per heavy atom. The standard InChI is InChI=1S/C24H29FN4O3S/c1-5-10-28-22-12-21(25)17(11-20(22)16(2)13-24(28,3)4)14-26-27-23(30)15-33-19-8-6-18(7-9-19)29(31)32/h6-9,11-12,14,16H,5,10,13,15H2,1-4H3,(H,27,30)/b26-14-. The summed E-state index contributed by atoms with van der Waals surface area (Å²) in [7, 11) is 0. The first-order valence-corrected chi connectivity index (χ1v) is 11.9. The van der Waals surface area contributed by atoms with Gasteiger partial charge in [-0.2, -0.15) is 5.10 Å². The average Bonchev–Trinajstić information content (AvgIpc) is 2.76. The zero-order chi connectivity index (χ0) is 24.2. The summed E-state index contributed by atoms with van der Waals surface area (Å²) in [4.78, 5) is 25.3. The third-order valence-electron chi connectivity index (χ3n) is 5.76. The first-order valence-electron chi connectivity index (χ1n) is 10.9. The molecule has 0 bridgehead atoms. The molecular formula is C24H29FN4O3S. The first-order chi connectivity index (χ1) is 15.6. The van der Waals surface area contributed by atoms with E-state index in [1.807, 2.05) is 6.07 Å². The molecule has 0 spiro atoms. The minimum Gasteiger partial charge on any atom is -0.366 e. The van der Waals surface area contributed by atoms with Gasteiger partial charge in [0.25, 0.3) is 5.69 Å². The minimum absolute atomic E-state index is 0.00354. The lowest BCUT2D eigenvalue weighted by Gasteiger charge is -2.47. The SMILES string of the molecule is CCCN1c2cc(F)c(/C=N\NC(=O)CSc3ccc([N+](=O)[O-])cc3)cc2C(C)CC1(C)C. The number of amides is 1. The largest absolute Gasteiger partial charge is 0.366 e. The van der Waals surface area contributed by atoms with Crippen LogP contribution in [0.3, 0.4) is 0 Å². The van der Waals surface area contributed by atoms with Gasteiger partial charge in [0, 0.05) is 40.4 Å². The maximum absolute atomic E-state index is 14.9. The Morgan fingerprint density at radius 1 is 1.36 bits per heavy atom. The van der Waals surface area contributed by atoms with Crippen LogP contribution in [-0.4, -0.2) is 34.9 Å². The van der Waals surface area contributed by atoms with E-state index in [9.17, 15) is 19.3 Å². The second-order valence-electron chi connectivity index (χ2n) is 8.83. The van der Waals surface area contributed by atoms with Gasteiger partial charge < -0.3 is 4.90 Å². The Balaban J connectivity index is 1.65. The van der Waals surface area contributed by atoms with Crippen molar-refractivity contribution in [1.82, 2.24) is 5.43 Å². The number of fused-ring (bicyclic) bond motifs is 1. The maximum Gasteiger partial charge on any atom is 0.269 e. The molecule has 7 nitrogen and oxygen atoms in total. The molecule has 0 saturated carbocycles. The Morgan fingerprint density at radius 2 is 2.06 bits per heavy atom. The molecule has 9 heteroatoms. The van der Waals surface area contributed by atoms with E-state index in [2.05, 4.69) is 43.1 Å². The molecule has 3 rings (SSSR count). The van der Waals surface area contributed by atoms with E-state index in [1.165, 1.54) is 30.1 Å². The molecule has 1 N–H and O–H groups in total. The highest BCUT2D eigenvalue weighted by molar-refractivity contribution is 8.00. The van der Waals surface area contributed by atoms with Crippen molar-refractivity contribution in [3.8, 4) is 0 Å². The third kappa shape index (κ3) is 5.90. The minimum atomic E-state index is -0.474. The summed E-state index contributed by atoms with van der Waals surface area (Å²) in [6.07, 6.45) is 3.28. The number of hydrogen-bond donors (Lipinski definition) is 1. The van der Waals surface area contributed by atoms with Gasteiger partial charge in [0.1, 0.15) is 5.82 Å². The zero-order valence-electron chi connectivity index (χ0n) is 19.3. The molecule has 1 heterocycles. The molecule has 0 fully saturated rings. The fraction of sp³-hybridized carbons (Fsp3) is 0.417. The lowest BCUT2D eigenvalue weighted by atomic mass is 9.79. The highest BCUT2D eigenvalue weighted by atomic mass is 32.2. The van der Waals surface area contributed by atoms with Crippen LogP contribution in [0.4, 0.5) is 15.8 Å². The molecule has 33 heavy (non-hydrogen) atoms. The number of hydrogen-bond acceptors (Lipinski definition) is 6. The average molecular weight is 473 g/mol. The molecule has 1 atom stereocenters. The molecule has 2 aromatic rings. The topological polar surface area (TPSA) is 87.8 Å². The number of hydrazone groups is 1. The molecule has 0 saturated heterocycles. The van der Waals surface area contributed by atoms with Crippen molar-refractivity contribution in [1.29, 1.82) is 0 Å². The molecular weight excluding hydrogens is 443 g/mol. The van der Waals surface area contributed by atoms with Crippen LogP contribution in [0.5, 0.6) is 0 Å². The lowest BCUT2D eigenvalue weighted by Crippen LogP contribution is -2.48. The molecule has 2 aromatic carbocycles. The number of carbonyl (C=O) groups is 1. The molecule has 176 valence electrons. The third-order valence-corrected chi connectivity index (χ3v) is 6.77. The Labute approximate surface area is 197 Å². The van der Waals surface area contributed by atoms with Crippen LogP contribution in [0.1, 0.15) is 57.6 Å². The summed E-state index contributed by atoms with van der Waals surface area (Å²) in [6.45, 7) is 9.52. The van der Waals surface area contributed by atoms with Gasteiger partial charge in [0.05, 0.1) is 16.9 Å². The predicted molar refractivity (Wildman–Crippen MR) is 131 cm³/mol. The smallest absolute Gasteiger partial charge is 0.269 e. The summed E-state index contributed by atoms with van der Waals surface area (Å²) in [5.74, 6) is -0.362. The number of benzene rings is 2. The highest BCUT2D eigenvalue weighted by Crippen LogP contribution is 2.44. The number of nitro benzene ring substituents is 1. The van der Waals surface area contributed by atoms with Gasteiger partial charge in [-0.05, 0) is 62.4 Å². The number of rotatable bonds is 8. The van der Waals surface area contributed by atoms with Crippen LogP contribution < -0.4 is 10.3 Å². The Kier molecular flexibility index (Phi) is 7.73. The van der Waals surface area contributed by atoms with Gasteiger partial charge in [-0.15, -0.1) is 11.8 Å². The van der Waals surface area contributed by atoms with E-state index in [0.29, 0.717) is 5.56 Å². The van der Waals surface area contributed by atoms with E-state index in [4.69, 9.17) is 0 Å². The molecule has 0 aromatic heterocycles. The van der Waals surface area contributed by atoms with E-state index in [-0.39, 0.29) is 34.6 Å². The summed E-state index contributed by atoms with van der Waals surface area (Å²) < 4.78 is 14.9. The van der Waals surface area contributed by atoms with Gasteiger partial charge in [-0.3, -0.25) is 14.9 Å². The van der Waals surface area contributed by atoms with Gasteiger partial charge in [-0.1, -0.05) is 13.8 Å². The van der Waals surface area contributed by atoms with Crippen molar-refractivity contribution >= 4 is 35.3 Å². The number of nitro groups is 1. The molecule has 0 radical (unpaired) electrons. The second kappa shape index (κ2) is 10.3. The number of thioether (sulfide) groups is 1. The Bertz CT molecular complexity index is 1060. The van der Waals surface area contributed by atoms with Crippen LogP contribution in [0.2, 0.25) is 0 Å². The van der Waals surface area contributed by atoms with Crippen LogP contribution in [0, 0.1) is 15.9 Å². The highest BCUT2D eigenvalue weighted by Gasteiger charge is 2.36. The van der Waals surface area contributed by atoms with E-state index < -0.39 is 4.92 Å². The number of nitrogens with one attached hydrogen (secondary N) is 1. The van der Waals surface area contributed by atoms with E-state index >= 15 is 0 Å². The zero-order valence-corrected chi connectivity index (χ0v) is 20.1. The summed E-state index contributed by atoms with van der Waals surface area (Å²) in [6, 6.07) is 9.37. The van der Waals surface area contributed by atoms with Crippen molar-refractivity contribution in [2.75, 3.05) is 17.2 Å². The normalized spacial score (nSPS) is 17.1. The van der Waals surface area contributed by atoms with Gasteiger partial charge in [-0.25, -0.2) is 9.82 Å². The lowest BCUT2D eigenvalue weighted by molar-refractivity contribution is -0.384. The number of nitrogens with zero attached hydrogens (tertiary/aromatic N) is 3. The molecule has 1 amide bonds. The van der Waals surface area contributed by atoms with Crippen LogP contribution in [0.25, 0.3) is 0 Å². The first kappa shape index (κ1) is 24.7. The van der Waals surface area contributed by atoms with Gasteiger partial charge in [0.2, 0.25) is 5.91 Å². The predicted octanol–water partition coefficient (Wildman–Crippen LogP) is 5.48. The molecule has 1 unspecified atom stereocenters. The van der Waals surface area contributed by atoms with Gasteiger partial charge >= 0.3 is 0 Å². The fourth-order valence-electron chi connectivity index (χ4n) is 4.29. The quantitative estimate of drug-likeness (QED) is 0.238. The van der Waals surface area contributed by atoms with E-state index in [0.717, 1.165) is 35.5 Å².